The molecule has 2 N–H and O–H groups in total. The summed E-state index contributed by atoms with van der Waals surface area (Å²) in [5, 5.41) is 10.3. The van der Waals surface area contributed by atoms with Crippen molar-refractivity contribution in [2.24, 2.45) is 0 Å². The van der Waals surface area contributed by atoms with Gasteiger partial charge >= 0.3 is 0 Å². The van der Waals surface area contributed by atoms with Gasteiger partial charge in [0.05, 0.1) is 11.3 Å². The van der Waals surface area contributed by atoms with Gasteiger partial charge in [0.25, 0.3) is 5.56 Å². The topological polar surface area (TPSA) is 61.6 Å². The van der Waals surface area contributed by atoms with Crippen LogP contribution in [-0.4, -0.2) is 16.0 Å². The number of nitrogens with one attached hydrogen (secondary N) is 2. The van der Waals surface area contributed by atoms with E-state index < -0.39 is 0 Å². The first-order valence-corrected chi connectivity index (χ1v) is 5.77. The first kappa shape index (κ1) is 12.3. The number of aromatic amines is 1. The molecule has 1 heterocycles. The van der Waals surface area contributed by atoms with Crippen LogP contribution in [0.5, 0.6) is 0 Å². The molecule has 0 radical (unpaired) electrons. The van der Waals surface area contributed by atoms with Gasteiger partial charge in [-0.15, -0.1) is 0 Å². The summed E-state index contributed by atoms with van der Waals surface area (Å²) in [6, 6.07) is 5.64. The zero-order chi connectivity index (χ0) is 13.1. The largest absolute Gasteiger partial charge is 0.308 e. The first-order valence-electron chi connectivity index (χ1n) is 5.77. The van der Waals surface area contributed by atoms with Crippen LogP contribution in [0, 0.1) is 11.2 Å². The molecule has 18 heavy (non-hydrogen) atoms. The summed E-state index contributed by atoms with van der Waals surface area (Å²) < 4.78 is 14.2. The molecule has 0 aliphatic heterocycles. The van der Waals surface area contributed by atoms with Gasteiger partial charge in [-0.3, -0.25) is 9.89 Å². The third kappa shape index (κ3) is 2.11. The van der Waals surface area contributed by atoms with Gasteiger partial charge in [0.1, 0.15) is 5.82 Å². The molecule has 0 amide bonds. The van der Waals surface area contributed by atoms with Gasteiger partial charge in [0, 0.05) is 11.9 Å². The third-order valence-corrected chi connectivity index (χ3v) is 2.73. The SMILES string of the molecule is CCCc1[nH]n(-c2ccc(F)cc2)c(=O)c1C=N. The Hall–Kier alpha value is -2.17. The second kappa shape index (κ2) is 5.00. The third-order valence-electron chi connectivity index (χ3n) is 2.73. The maximum absolute atomic E-state index is 12.8. The quantitative estimate of drug-likeness (QED) is 0.800. The van der Waals surface area contributed by atoms with Crippen LogP contribution in [0.25, 0.3) is 5.69 Å². The molecule has 0 aliphatic rings. The molecule has 4 nitrogen and oxygen atoms in total. The number of rotatable bonds is 4. The number of benzene rings is 1. The summed E-state index contributed by atoms with van der Waals surface area (Å²) in [5.41, 5.74) is 1.38. The van der Waals surface area contributed by atoms with Crippen molar-refractivity contribution in [1.29, 1.82) is 5.41 Å². The Balaban J connectivity index is 2.55. The molecule has 1 aromatic heterocycles. The van der Waals surface area contributed by atoms with Gasteiger partial charge < -0.3 is 5.41 Å². The van der Waals surface area contributed by atoms with E-state index in [0.717, 1.165) is 18.3 Å². The van der Waals surface area contributed by atoms with Crippen LogP contribution >= 0.6 is 0 Å². The van der Waals surface area contributed by atoms with Crippen molar-refractivity contribution in [3.05, 3.63) is 51.7 Å². The van der Waals surface area contributed by atoms with Crippen LogP contribution in [0.3, 0.4) is 0 Å². The van der Waals surface area contributed by atoms with Gasteiger partial charge in [0.15, 0.2) is 0 Å². The van der Waals surface area contributed by atoms with Crippen LogP contribution in [-0.2, 0) is 6.42 Å². The van der Waals surface area contributed by atoms with Crippen molar-refractivity contribution in [2.45, 2.75) is 19.8 Å². The Kier molecular flexibility index (Phi) is 3.41. The molecule has 5 heteroatoms. The zero-order valence-corrected chi connectivity index (χ0v) is 10.0. The van der Waals surface area contributed by atoms with Crippen molar-refractivity contribution >= 4 is 6.21 Å². The predicted molar refractivity (Wildman–Crippen MR) is 68.2 cm³/mol. The number of hydrogen-bond donors (Lipinski definition) is 2. The molecule has 0 saturated carbocycles. The molecule has 0 saturated heterocycles. The van der Waals surface area contributed by atoms with Crippen LogP contribution in [0.15, 0.2) is 29.1 Å². The van der Waals surface area contributed by atoms with E-state index >= 15 is 0 Å². The van der Waals surface area contributed by atoms with E-state index in [9.17, 15) is 9.18 Å². The second-order valence-electron chi connectivity index (χ2n) is 4.02. The fraction of sp³-hybridized carbons (Fsp3) is 0.231. The Labute approximate surface area is 104 Å². The lowest BCUT2D eigenvalue weighted by Gasteiger charge is -2.01. The van der Waals surface area contributed by atoms with Crippen LogP contribution in [0.4, 0.5) is 4.39 Å². The van der Waals surface area contributed by atoms with E-state index in [4.69, 9.17) is 5.41 Å². The number of H-pyrrole nitrogens is 1. The van der Waals surface area contributed by atoms with Crippen molar-refractivity contribution in [2.75, 3.05) is 0 Å². The second-order valence-corrected chi connectivity index (χ2v) is 4.02. The molecule has 1 aromatic carbocycles. The molecule has 0 atom stereocenters. The van der Waals surface area contributed by atoms with Gasteiger partial charge in [-0.1, -0.05) is 13.3 Å². The van der Waals surface area contributed by atoms with E-state index in [1.807, 2.05) is 6.92 Å². The summed E-state index contributed by atoms with van der Waals surface area (Å²) in [7, 11) is 0. The highest BCUT2D eigenvalue weighted by molar-refractivity contribution is 5.78. The maximum atomic E-state index is 12.8. The predicted octanol–water partition coefficient (Wildman–Crippen LogP) is 2.25. The average molecular weight is 247 g/mol. The van der Waals surface area contributed by atoms with Crippen molar-refractivity contribution in [3.8, 4) is 5.69 Å². The molecule has 0 fully saturated rings. The molecule has 0 bridgehead atoms. The summed E-state index contributed by atoms with van der Waals surface area (Å²) in [6.07, 6.45) is 2.64. The van der Waals surface area contributed by atoms with E-state index in [2.05, 4.69) is 5.10 Å². The highest BCUT2D eigenvalue weighted by Gasteiger charge is 2.12. The summed E-state index contributed by atoms with van der Waals surface area (Å²) in [6.45, 7) is 2.00. The van der Waals surface area contributed by atoms with Crippen molar-refractivity contribution in [3.63, 3.8) is 0 Å². The van der Waals surface area contributed by atoms with Crippen LogP contribution in [0.1, 0.15) is 24.6 Å². The van der Waals surface area contributed by atoms with Crippen molar-refractivity contribution < 1.29 is 4.39 Å². The monoisotopic (exact) mass is 247 g/mol. The number of hydrogen-bond acceptors (Lipinski definition) is 2. The molecule has 0 spiro atoms. The fourth-order valence-corrected chi connectivity index (χ4v) is 1.86. The van der Waals surface area contributed by atoms with Crippen LogP contribution < -0.4 is 5.56 Å². The number of nitrogens with zero attached hydrogens (tertiary/aromatic N) is 1. The lowest BCUT2D eigenvalue weighted by atomic mass is 10.2. The fourth-order valence-electron chi connectivity index (χ4n) is 1.86. The van der Waals surface area contributed by atoms with Crippen LogP contribution in [0.2, 0.25) is 0 Å². The van der Waals surface area contributed by atoms with E-state index in [0.29, 0.717) is 17.7 Å². The molecule has 0 unspecified atom stereocenters. The molecule has 2 aromatic rings. The molecule has 2 rings (SSSR count). The van der Waals surface area contributed by atoms with Gasteiger partial charge in [0.2, 0.25) is 0 Å². The normalized spacial score (nSPS) is 10.6. The van der Waals surface area contributed by atoms with Gasteiger partial charge in [-0.05, 0) is 30.7 Å². The highest BCUT2D eigenvalue weighted by atomic mass is 19.1. The van der Waals surface area contributed by atoms with E-state index in [1.54, 1.807) is 0 Å². The lowest BCUT2D eigenvalue weighted by molar-refractivity contribution is 0.626. The summed E-state index contributed by atoms with van der Waals surface area (Å²) >= 11 is 0. The Morgan fingerprint density at radius 3 is 2.61 bits per heavy atom. The standard InChI is InChI=1S/C13H14FN3O/c1-2-3-12-11(8-15)13(18)17(16-12)10-6-4-9(14)5-7-10/h4-8,15-16H,2-3H2,1H3. The van der Waals surface area contributed by atoms with Gasteiger partial charge in [-0.25, -0.2) is 9.07 Å². The number of aryl methyl sites for hydroxylation is 1. The minimum Gasteiger partial charge on any atom is -0.308 e. The molecule has 0 aliphatic carbocycles. The zero-order valence-electron chi connectivity index (χ0n) is 10.0. The Morgan fingerprint density at radius 1 is 1.39 bits per heavy atom. The minimum atomic E-state index is -0.348. The first-order chi connectivity index (χ1) is 8.67. The minimum absolute atomic E-state index is 0.278. The lowest BCUT2D eigenvalue weighted by Crippen LogP contribution is -2.17. The highest BCUT2D eigenvalue weighted by Crippen LogP contribution is 2.09. The Bertz CT molecular complexity index is 610. The average Bonchev–Trinajstić information content (AvgIpc) is 2.67. The molecular weight excluding hydrogens is 233 g/mol. The molecule has 94 valence electrons. The van der Waals surface area contributed by atoms with Crippen molar-refractivity contribution in [1.82, 2.24) is 9.78 Å². The van der Waals surface area contributed by atoms with E-state index in [-0.39, 0.29) is 11.4 Å². The smallest absolute Gasteiger partial charge is 0.280 e. The summed E-state index contributed by atoms with van der Waals surface area (Å²) in [5.74, 6) is -0.348. The maximum Gasteiger partial charge on any atom is 0.280 e. The number of halogens is 1. The van der Waals surface area contributed by atoms with Gasteiger partial charge in [-0.2, -0.15) is 0 Å². The molecular formula is C13H14FN3O. The van der Waals surface area contributed by atoms with E-state index in [1.165, 1.54) is 28.9 Å². The Morgan fingerprint density at radius 2 is 2.06 bits per heavy atom. The number of aromatic nitrogens is 2. The summed E-state index contributed by atoms with van der Waals surface area (Å²) in [4.78, 5) is 12.1.